The van der Waals surface area contributed by atoms with Crippen LogP contribution in [0.15, 0.2) is 17.5 Å². The molecule has 14 heavy (non-hydrogen) atoms. The first-order valence-corrected chi connectivity index (χ1v) is 6.34. The van der Waals surface area contributed by atoms with Crippen LogP contribution in [0.3, 0.4) is 0 Å². The van der Waals surface area contributed by atoms with Gasteiger partial charge in [0.1, 0.15) is 0 Å². The van der Waals surface area contributed by atoms with Gasteiger partial charge in [-0.05, 0) is 11.4 Å². The zero-order valence-corrected chi connectivity index (χ0v) is 9.13. The summed E-state index contributed by atoms with van der Waals surface area (Å²) >= 11 is 0.968. The van der Waals surface area contributed by atoms with Gasteiger partial charge in [0.2, 0.25) is 21.8 Å². The normalized spacial score (nSPS) is 10.7. The Morgan fingerprint density at radius 2 is 1.79 bits per heavy atom. The maximum absolute atomic E-state index is 11.3. The molecule has 0 aliphatic heterocycles. The fourth-order valence-electron chi connectivity index (χ4n) is 0.707. The summed E-state index contributed by atoms with van der Waals surface area (Å²) in [7, 11) is -6.91. The largest absolute Gasteiger partial charge is 0.291 e. The first kappa shape index (κ1) is 11.1. The lowest BCUT2D eigenvalue weighted by atomic mass is 10.5. The molecule has 0 saturated carbocycles. The number of hydrogen-bond donors (Lipinski definition) is 2. The summed E-state index contributed by atoms with van der Waals surface area (Å²) in [5, 5.41) is 1.54. The Hall–Kier alpha value is -0.930. The van der Waals surface area contributed by atoms with E-state index in [1.807, 2.05) is 0 Å². The molecule has 1 amide bonds. The summed E-state index contributed by atoms with van der Waals surface area (Å²) in [5.41, 5.74) is 0. The molecule has 0 fully saturated rings. The van der Waals surface area contributed by atoms with Gasteiger partial charge in [-0.3, -0.25) is 4.79 Å². The number of hydrogen-bond acceptors (Lipinski definition) is 6. The number of thiophene rings is 1. The molecule has 0 atom stereocenters. The molecule has 0 unspecified atom stereocenters. The van der Waals surface area contributed by atoms with Crippen molar-refractivity contribution in [2.45, 2.75) is 0 Å². The van der Waals surface area contributed by atoms with Gasteiger partial charge in [-0.25, -0.2) is 16.8 Å². The van der Waals surface area contributed by atoms with Crippen LogP contribution >= 0.6 is 11.3 Å². The molecule has 0 bridgehead atoms. The van der Waals surface area contributed by atoms with Gasteiger partial charge in [0.05, 0.1) is 4.88 Å². The molecule has 9 heteroatoms. The average molecular weight is 255 g/mol. The summed E-state index contributed by atoms with van der Waals surface area (Å²) in [6.45, 7) is 0. The minimum absolute atomic E-state index is 0.0587. The molecule has 0 aliphatic rings. The number of nitrogens with zero attached hydrogens (tertiary/aromatic N) is 1. The highest BCUT2D eigenvalue weighted by molar-refractivity contribution is 7.86. The molecule has 0 N–H and O–H groups in total. The second kappa shape index (κ2) is 4.53. The van der Waals surface area contributed by atoms with Gasteiger partial charge in [0, 0.05) is 0 Å². The van der Waals surface area contributed by atoms with Crippen molar-refractivity contribution in [2.24, 2.45) is 0 Å². The highest BCUT2D eigenvalue weighted by atomic mass is 32.2. The van der Waals surface area contributed by atoms with Crippen LogP contribution in [0.1, 0.15) is 9.67 Å². The SMILES string of the molecule is O=C(c1cccs1)N([SH](=O)=O)[SH](=O)=O. The van der Waals surface area contributed by atoms with Crippen LogP contribution in [-0.4, -0.2) is 26.5 Å². The number of carbonyl (C=O) groups is 1. The first-order valence-electron chi connectivity index (χ1n) is 3.20. The molecule has 0 aliphatic carbocycles. The quantitative estimate of drug-likeness (QED) is 0.693. The van der Waals surface area contributed by atoms with Gasteiger partial charge in [0.15, 0.2) is 0 Å². The zero-order valence-electron chi connectivity index (χ0n) is 6.52. The number of rotatable bonds is 3. The smallest absolute Gasteiger partial charge is 0.266 e. The highest BCUT2D eigenvalue weighted by Gasteiger charge is 2.20. The highest BCUT2D eigenvalue weighted by Crippen LogP contribution is 2.11. The van der Waals surface area contributed by atoms with Crippen LogP contribution in [0.5, 0.6) is 0 Å². The summed E-state index contributed by atoms with van der Waals surface area (Å²) in [6.07, 6.45) is 0. The third-order valence-corrected chi connectivity index (χ3v) is 3.94. The van der Waals surface area contributed by atoms with E-state index >= 15 is 0 Å². The second-order valence-electron chi connectivity index (χ2n) is 2.05. The van der Waals surface area contributed by atoms with Crippen LogP contribution in [0.25, 0.3) is 0 Å². The van der Waals surface area contributed by atoms with Crippen molar-refractivity contribution >= 4 is 39.0 Å². The molecule has 0 saturated heterocycles. The second-order valence-corrected chi connectivity index (χ2v) is 5.06. The minimum atomic E-state index is -3.45. The van der Waals surface area contributed by atoms with E-state index in [4.69, 9.17) is 0 Å². The van der Waals surface area contributed by atoms with Crippen molar-refractivity contribution < 1.29 is 21.6 Å². The lowest BCUT2D eigenvalue weighted by Gasteiger charge is -2.04. The predicted molar refractivity (Wildman–Crippen MR) is 51.1 cm³/mol. The van der Waals surface area contributed by atoms with Crippen molar-refractivity contribution in [3.05, 3.63) is 22.4 Å². The molecule has 1 heterocycles. The molecule has 0 aromatic carbocycles. The standard InChI is InChI=1S/C5H5NO5S3/c7-5(4-2-1-3-12-4)6(13(8)9)14(10)11/h1-3,13-14H. The summed E-state index contributed by atoms with van der Waals surface area (Å²) in [6, 6.07) is 2.86. The Kier molecular flexibility index (Phi) is 3.61. The molecule has 1 aromatic rings. The van der Waals surface area contributed by atoms with Crippen molar-refractivity contribution in [1.29, 1.82) is 0 Å². The maximum atomic E-state index is 11.3. The van der Waals surface area contributed by atoms with Gasteiger partial charge in [0.25, 0.3) is 5.91 Å². The van der Waals surface area contributed by atoms with Crippen molar-refractivity contribution in [1.82, 2.24) is 3.71 Å². The van der Waals surface area contributed by atoms with Gasteiger partial charge in [-0.2, -0.15) is 0 Å². The topological polar surface area (TPSA) is 88.6 Å². The maximum Gasteiger partial charge on any atom is 0.291 e. The monoisotopic (exact) mass is 255 g/mol. The molecule has 6 nitrogen and oxygen atoms in total. The fraction of sp³-hybridized carbons (Fsp3) is 0. The van der Waals surface area contributed by atoms with Crippen LogP contribution in [0.2, 0.25) is 0 Å². The Bertz CT molecular complexity index is 434. The van der Waals surface area contributed by atoms with E-state index in [0.717, 1.165) is 11.3 Å². The van der Waals surface area contributed by atoms with E-state index in [0.29, 0.717) is 0 Å². The van der Waals surface area contributed by atoms with Gasteiger partial charge in [-0.15, -0.1) is 15.0 Å². The summed E-state index contributed by atoms with van der Waals surface area (Å²) < 4.78 is 41.6. The van der Waals surface area contributed by atoms with Gasteiger partial charge >= 0.3 is 0 Å². The van der Waals surface area contributed by atoms with E-state index in [2.05, 4.69) is 0 Å². The molecule has 0 spiro atoms. The Labute approximate surface area is 86.9 Å². The van der Waals surface area contributed by atoms with Gasteiger partial charge in [-0.1, -0.05) is 6.07 Å². The van der Waals surface area contributed by atoms with E-state index in [-0.39, 0.29) is 8.59 Å². The van der Waals surface area contributed by atoms with Crippen molar-refractivity contribution in [3.63, 3.8) is 0 Å². The molecule has 1 aromatic heterocycles. The Morgan fingerprint density at radius 1 is 1.21 bits per heavy atom. The van der Waals surface area contributed by atoms with E-state index in [1.165, 1.54) is 12.1 Å². The first-order chi connectivity index (χ1) is 6.54. The van der Waals surface area contributed by atoms with E-state index in [1.54, 1.807) is 5.38 Å². The predicted octanol–water partition coefficient (Wildman–Crippen LogP) is -0.757. The number of amides is 1. The average Bonchev–Trinajstić information content (AvgIpc) is 2.53. The fourth-order valence-corrected chi connectivity index (χ4v) is 2.48. The van der Waals surface area contributed by atoms with Crippen molar-refractivity contribution in [2.75, 3.05) is 0 Å². The molecule has 0 radical (unpaired) electrons. The van der Waals surface area contributed by atoms with E-state index < -0.39 is 27.7 Å². The van der Waals surface area contributed by atoms with Crippen LogP contribution < -0.4 is 0 Å². The number of thiol groups is 2. The molecule has 1 rings (SSSR count). The third-order valence-electron chi connectivity index (χ3n) is 1.22. The minimum Gasteiger partial charge on any atom is -0.266 e. The van der Waals surface area contributed by atoms with Crippen LogP contribution in [0.4, 0.5) is 0 Å². The van der Waals surface area contributed by atoms with Gasteiger partial charge < -0.3 is 0 Å². The Morgan fingerprint density at radius 3 is 2.14 bits per heavy atom. The van der Waals surface area contributed by atoms with Crippen LogP contribution in [0, 0.1) is 0 Å². The lowest BCUT2D eigenvalue weighted by molar-refractivity contribution is 0.0930. The lowest BCUT2D eigenvalue weighted by Crippen LogP contribution is -2.27. The molecule has 78 valence electrons. The summed E-state index contributed by atoms with van der Waals surface area (Å²) in [5.74, 6) is -1.05. The van der Waals surface area contributed by atoms with Crippen molar-refractivity contribution in [3.8, 4) is 0 Å². The molecular formula is C5H5NO5S3. The summed E-state index contributed by atoms with van der Waals surface area (Å²) in [4.78, 5) is 11.3. The Balaban J connectivity index is 3.09. The zero-order chi connectivity index (χ0) is 10.7. The van der Waals surface area contributed by atoms with E-state index in [9.17, 15) is 21.6 Å². The molecular weight excluding hydrogens is 250 g/mol. The number of carbonyl (C=O) groups excluding carboxylic acids is 1. The third kappa shape index (κ3) is 2.30. The van der Waals surface area contributed by atoms with Crippen LogP contribution in [-0.2, 0) is 21.8 Å².